The summed E-state index contributed by atoms with van der Waals surface area (Å²) in [6, 6.07) is 17.5. The van der Waals surface area contributed by atoms with Gasteiger partial charge in [0.1, 0.15) is 6.61 Å². The molecule has 1 saturated heterocycles. The van der Waals surface area contributed by atoms with Crippen LogP contribution in [0, 0.1) is 0 Å². The van der Waals surface area contributed by atoms with Crippen molar-refractivity contribution in [1.82, 2.24) is 15.2 Å². The lowest BCUT2D eigenvalue weighted by molar-refractivity contribution is 0.0950. The van der Waals surface area contributed by atoms with Gasteiger partial charge in [-0.25, -0.2) is 0 Å². The lowest BCUT2D eigenvalue weighted by Crippen LogP contribution is -2.25. The molecule has 1 N–H and O–H groups in total. The fourth-order valence-electron chi connectivity index (χ4n) is 4.02. The Hall–Kier alpha value is -3.38. The fourth-order valence-corrected chi connectivity index (χ4v) is 4.02. The number of hydrogen-bond acceptors (Lipinski definition) is 5. The van der Waals surface area contributed by atoms with Crippen molar-refractivity contribution in [3.8, 4) is 11.5 Å². The van der Waals surface area contributed by atoms with E-state index < -0.39 is 0 Å². The van der Waals surface area contributed by atoms with Gasteiger partial charge in [0.2, 0.25) is 0 Å². The average Bonchev–Trinajstić information content (AvgIpc) is 3.36. The van der Waals surface area contributed by atoms with Crippen LogP contribution in [-0.2, 0) is 19.7 Å². The largest absolute Gasteiger partial charge is 0.490 e. The highest BCUT2D eigenvalue weighted by molar-refractivity contribution is 5.94. The second-order valence-corrected chi connectivity index (χ2v) is 8.18. The lowest BCUT2D eigenvalue weighted by Gasteiger charge is -2.18. The summed E-state index contributed by atoms with van der Waals surface area (Å²) in [5.74, 6) is 1.03. The molecule has 0 bridgehead atoms. The molecule has 4 rings (SSSR count). The maximum Gasteiger partial charge on any atom is 0.251 e. The first kappa shape index (κ1) is 22.8. The minimum Gasteiger partial charge on any atom is -0.490 e. The lowest BCUT2D eigenvalue weighted by atomic mass is 10.1. The molecule has 1 aromatic heterocycles. The van der Waals surface area contributed by atoms with Crippen molar-refractivity contribution in [3.63, 3.8) is 0 Å². The van der Waals surface area contributed by atoms with Crippen LogP contribution in [0.4, 0.5) is 0 Å². The normalized spacial score (nSPS) is 13.6. The Kier molecular flexibility index (Phi) is 7.93. The van der Waals surface area contributed by atoms with Crippen LogP contribution in [0.25, 0.3) is 0 Å². The first-order valence-electron chi connectivity index (χ1n) is 11.6. The highest BCUT2D eigenvalue weighted by Crippen LogP contribution is 2.29. The Bertz CT molecular complexity index is 1050. The molecule has 1 fully saturated rings. The van der Waals surface area contributed by atoms with E-state index in [0.717, 1.165) is 30.8 Å². The van der Waals surface area contributed by atoms with E-state index in [0.29, 0.717) is 36.8 Å². The van der Waals surface area contributed by atoms with Crippen LogP contribution in [-0.4, -0.2) is 35.5 Å². The number of nitrogens with one attached hydrogen (secondary N) is 1. The van der Waals surface area contributed by atoms with Gasteiger partial charge in [0.05, 0.1) is 6.61 Å². The van der Waals surface area contributed by atoms with E-state index in [1.54, 1.807) is 30.6 Å². The predicted octanol–water partition coefficient (Wildman–Crippen LogP) is 4.59. The summed E-state index contributed by atoms with van der Waals surface area (Å²) >= 11 is 0. The molecule has 0 aliphatic carbocycles. The van der Waals surface area contributed by atoms with Crippen molar-refractivity contribution in [3.05, 3.63) is 89.2 Å². The van der Waals surface area contributed by atoms with Crippen molar-refractivity contribution in [2.24, 2.45) is 0 Å². The molecule has 1 aliphatic heterocycles. The van der Waals surface area contributed by atoms with E-state index in [1.807, 2.05) is 25.1 Å². The first-order chi connectivity index (χ1) is 16.2. The Morgan fingerprint density at radius 3 is 2.58 bits per heavy atom. The summed E-state index contributed by atoms with van der Waals surface area (Å²) in [6.45, 7) is 6.50. The number of carbonyl (C=O) groups is 1. The van der Waals surface area contributed by atoms with Gasteiger partial charge in [-0.1, -0.05) is 30.3 Å². The topological polar surface area (TPSA) is 63.7 Å². The SMILES string of the molecule is CCOc1cc(C(=O)NCc2ccccc2CN2CCCC2)ccc1OCc1cccnc1. The number of ether oxygens (including phenoxy) is 2. The van der Waals surface area contributed by atoms with Crippen molar-refractivity contribution in [2.75, 3.05) is 19.7 Å². The minimum absolute atomic E-state index is 0.134. The van der Waals surface area contributed by atoms with E-state index in [2.05, 4.69) is 33.4 Å². The van der Waals surface area contributed by atoms with Crippen LogP contribution in [0.2, 0.25) is 0 Å². The number of likely N-dealkylation sites (tertiary alicyclic amines) is 1. The van der Waals surface area contributed by atoms with Crippen molar-refractivity contribution in [1.29, 1.82) is 0 Å². The summed E-state index contributed by atoms with van der Waals surface area (Å²) in [7, 11) is 0. The summed E-state index contributed by atoms with van der Waals surface area (Å²) in [6.07, 6.45) is 6.03. The number of carbonyl (C=O) groups excluding carboxylic acids is 1. The average molecular weight is 446 g/mol. The summed E-state index contributed by atoms with van der Waals surface area (Å²) in [4.78, 5) is 19.5. The summed E-state index contributed by atoms with van der Waals surface area (Å²) < 4.78 is 11.7. The third-order valence-corrected chi connectivity index (χ3v) is 5.77. The van der Waals surface area contributed by atoms with Crippen LogP contribution in [0.5, 0.6) is 11.5 Å². The molecule has 3 aromatic rings. The second kappa shape index (κ2) is 11.5. The monoisotopic (exact) mass is 445 g/mol. The number of hydrogen-bond donors (Lipinski definition) is 1. The van der Waals surface area contributed by atoms with Crippen LogP contribution in [0.1, 0.15) is 46.8 Å². The van der Waals surface area contributed by atoms with Gasteiger partial charge in [-0.2, -0.15) is 0 Å². The predicted molar refractivity (Wildman–Crippen MR) is 128 cm³/mol. The van der Waals surface area contributed by atoms with Crippen LogP contribution < -0.4 is 14.8 Å². The number of amides is 1. The Labute approximate surface area is 195 Å². The maximum atomic E-state index is 12.9. The zero-order valence-corrected chi connectivity index (χ0v) is 19.1. The molecule has 0 atom stereocenters. The van der Waals surface area contributed by atoms with Gasteiger partial charge < -0.3 is 14.8 Å². The molecule has 2 heterocycles. The molecule has 1 amide bonds. The molecular weight excluding hydrogens is 414 g/mol. The quantitative estimate of drug-likeness (QED) is 0.495. The Balaban J connectivity index is 1.40. The van der Waals surface area contributed by atoms with Crippen molar-refractivity contribution >= 4 is 5.91 Å². The van der Waals surface area contributed by atoms with Gasteiger partial charge in [-0.05, 0) is 68.2 Å². The van der Waals surface area contributed by atoms with E-state index in [1.165, 1.54) is 18.4 Å². The molecule has 2 aromatic carbocycles. The smallest absolute Gasteiger partial charge is 0.251 e. The number of nitrogens with zero attached hydrogens (tertiary/aromatic N) is 2. The molecule has 1 aliphatic rings. The summed E-state index contributed by atoms with van der Waals surface area (Å²) in [5.41, 5.74) is 3.94. The van der Waals surface area contributed by atoms with Gasteiger partial charge in [-0.15, -0.1) is 0 Å². The van der Waals surface area contributed by atoms with Gasteiger partial charge in [-0.3, -0.25) is 14.7 Å². The van der Waals surface area contributed by atoms with E-state index in [-0.39, 0.29) is 5.91 Å². The van der Waals surface area contributed by atoms with Gasteiger partial charge in [0.25, 0.3) is 5.91 Å². The maximum absolute atomic E-state index is 12.9. The minimum atomic E-state index is -0.134. The Morgan fingerprint density at radius 2 is 1.82 bits per heavy atom. The zero-order chi connectivity index (χ0) is 22.9. The standard InChI is InChI=1S/C27H31N3O3/c1-2-32-26-16-22(11-12-25(26)33-20-21-8-7-13-28-17-21)27(31)29-18-23-9-3-4-10-24(23)19-30-14-5-6-15-30/h3-4,7-13,16-17H,2,5-6,14-15,18-20H2,1H3,(H,29,31). The molecule has 0 unspecified atom stereocenters. The Morgan fingerprint density at radius 1 is 1.00 bits per heavy atom. The second-order valence-electron chi connectivity index (χ2n) is 8.18. The molecule has 0 spiro atoms. The number of pyridine rings is 1. The fraction of sp³-hybridized carbons (Fsp3) is 0.333. The molecule has 172 valence electrons. The van der Waals surface area contributed by atoms with Crippen LogP contribution in [0.15, 0.2) is 67.0 Å². The number of rotatable bonds is 10. The number of benzene rings is 2. The van der Waals surface area contributed by atoms with Gasteiger partial charge in [0, 0.05) is 36.6 Å². The highest BCUT2D eigenvalue weighted by atomic mass is 16.5. The van der Waals surface area contributed by atoms with Gasteiger partial charge >= 0.3 is 0 Å². The molecular formula is C27H31N3O3. The first-order valence-corrected chi connectivity index (χ1v) is 11.6. The molecule has 33 heavy (non-hydrogen) atoms. The van der Waals surface area contributed by atoms with Crippen molar-refractivity contribution in [2.45, 2.75) is 39.5 Å². The molecule has 6 nitrogen and oxygen atoms in total. The highest BCUT2D eigenvalue weighted by Gasteiger charge is 2.15. The molecule has 0 radical (unpaired) electrons. The third kappa shape index (κ3) is 6.33. The molecule has 6 heteroatoms. The van der Waals surface area contributed by atoms with E-state index in [9.17, 15) is 4.79 Å². The van der Waals surface area contributed by atoms with Crippen LogP contribution >= 0.6 is 0 Å². The van der Waals surface area contributed by atoms with E-state index >= 15 is 0 Å². The van der Waals surface area contributed by atoms with Gasteiger partial charge in [0.15, 0.2) is 11.5 Å². The van der Waals surface area contributed by atoms with Crippen molar-refractivity contribution < 1.29 is 14.3 Å². The third-order valence-electron chi connectivity index (χ3n) is 5.77. The number of aromatic nitrogens is 1. The van der Waals surface area contributed by atoms with E-state index in [4.69, 9.17) is 9.47 Å². The molecule has 0 saturated carbocycles. The zero-order valence-electron chi connectivity index (χ0n) is 19.1. The van der Waals surface area contributed by atoms with Crippen LogP contribution in [0.3, 0.4) is 0 Å². The summed E-state index contributed by atoms with van der Waals surface area (Å²) in [5, 5.41) is 3.07.